The molecule has 0 saturated carbocycles. The number of para-hydroxylation sites is 1. The molecular weight excluding hydrogens is 381 g/mol. The quantitative estimate of drug-likeness (QED) is 0.816. The van der Waals surface area contributed by atoms with E-state index in [0.29, 0.717) is 5.56 Å². The fraction of sp³-hybridized carbons (Fsp3) is 0.0556. The number of aliphatic imine (C=N–C) groups is 1. The standard InChI is InChI=1S/C18H11F3N2O3S/c19-18(20,21)12-3-1-2-4-13(12)22-17-23-15(24)14(27-17)9-10-5-7-11(8-6-10)16(25)26/h1-9H,(H,25,26)(H,22,23,24)/p-1/b14-9-. The first-order valence-corrected chi connectivity index (χ1v) is 8.33. The Hall–Kier alpha value is -3.07. The average Bonchev–Trinajstić information content (AvgIpc) is 2.94. The normalized spacial score (nSPS) is 17.4. The number of nitrogens with zero attached hydrogens (tertiary/aromatic N) is 1. The summed E-state index contributed by atoms with van der Waals surface area (Å²) in [6.07, 6.45) is -3.08. The first-order chi connectivity index (χ1) is 12.7. The summed E-state index contributed by atoms with van der Waals surface area (Å²) >= 11 is 0.893. The van der Waals surface area contributed by atoms with Crippen LogP contribution in [0.2, 0.25) is 0 Å². The number of carboxylic acids is 1. The minimum absolute atomic E-state index is 0.00770. The van der Waals surface area contributed by atoms with E-state index in [2.05, 4.69) is 10.3 Å². The molecule has 27 heavy (non-hydrogen) atoms. The van der Waals surface area contributed by atoms with Crippen molar-refractivity contribution in [3.8, 4) is 0 Å². The van der Waals surface area contributed by atoms with Gasteiger partial charge in [0.15, 0.2) is 5.17 Å². The van der Waals surface area contributed by atoms with Gasteiger partial charge in [0.05, 0.1) is 22.1 Å². The van der Waals surface area contributed by atoms with Crippen LogP contribution in [0.3, 0.4) is 0 Å². The smallest absolute Gasteiger partial charge is 0.418 e. The van der Waals surface area contributed by atoms with E-state index in [1.54, 1.807) is 0 Å². The van der Waals surface area contributed by atoms with Crippen molar-refractivity contribution in [2.45, 2.75) is 6.18 Å². The highest BCUT2D eigenvalue weighted by Gasteiger charge is 2.34. The zero-order chi connectivity index (χ0) is 19.6. The number of amidine groups is 1. The van der Waals surface area contributed by atoms with Crippen LogP contribution >= 0.6 is 11.8 Å². The maximum Gasteiger partial charge on any atom is 0.418 e. The third-order valence-corrected chi connectivity index (χ3v) is 4.44. The van der Waals surface area contributed by atoms with E-state index in [9.17, 15) is 27.9 Å². The lowest BCUT2D eigenvalue weighted by Crippen LogP contribution is -2.21. The van der Waals surface area contributed by atoms with Crippen LogP contribution in [-0.2, 0) is 11.0 Å². The molecular formula is C18H10F3N2O3S-. The van der Waals surface area contributed by atoms with E-state index < -0.39 is 23.6 Å². The topological polar surface area (TPSA) is 81.6 Å². The highest BCUT2D eigenvalue weighted by Crippen LogP contribution is 2.37. The summed E-state index contributed by atoms with van der Waals surface area (Å²) in [5.41, 5.74) is -0.656. The Balaban J connectivity index is 1.86. The minimum atomic E-state index is -4.56. The van der Waals surface area contributed by atoms with Crippen LogP contribution in [-0.4, -0.2) is 17.0 Å². The highest BCUT2D eigenvalue weighted by atomic mass is 32.2. The lowest BCUT2D eigenvalue weighted by Gasteiger charge is -2.09. The molecule has 2 aromatic carbocycles. The van der Waals surface area contributed by atoms with Crippen LogP contribution in [0.4, 0.5) is 18.9 Å². The number of nitrogens with one attached hydrogen (secondary N) is 1. The molecule has 1 aliphatic rings. The van der Waals surface area contributed by atoms with Crippen LogP contribution < -0.4 is 10.4 Å². The van der Waals surface area contributed by atoms with Gasteiger partial charge in [0, 0.05) is 0 Å². The molecule has 0 aliphatic carbocycles. The molecule has 0 bridgehead atoms. The van der Waals surface area contributed by atoms with Gasteiger partial charge in [-0.25, -0.2) is 4.99 Å². The van der Waals surface area contributed by atoms with E-state index in [1.807, 2.05) is 0 Å². The number of carbonyl (C=O) groups excluding carboxylic acids is 2. The molecule has 9 heteroatoms. The molecule has 0 atom stereocenters. The molecule has 0 spiro atoms. The fourth-order valence-electron chi connectivity index (χ4n) is 2.27. The molecule has 3 rings (SSSR count). The zero-order valence-corrected chi connectivity index (χ0v) is 14.2. The number of rotatable bonds is 3. The Bertz CT molecular complexity index is 967. The van der Waals surface area contributed by atoms with Gasteiger partial charge in [-0.15, -0.1) is 0 Å². The summed E-state index contributed by atoms with van der Waals surface area (Å²) in [6.45, 7) is 0. The Morgan fingerprint density at radius 1 is 1.11 bits per heavy atom. The summed E-state index contributed by atoms with van der Waals surface area (Å²) in [6, 6.07) is 10.4. The molecule has 1 amide bonds. The van der Waals surface area contributed by atoms with E-state index in [-0.39, 0.29) is 21.3 Å². The molecule has 5 nitrogen and oxygen atoms in total. The van der Waals surface area contributed by atoms with Gasteiger partial charge >= 0.3 is 6.18 Å². The largest absolute Gasteiger partial charge is 0.545 e. The molecule has 1 N–H and O–H groups in total. The number of carbonyl (C=O) groups is 2. The van der Waals surface area contributed by atoms with Crippen LogP contribution in [0.5, 0.6) is 0 Å². The second kappa shape index (κ2) is 7.28. The second-order valence-electron chi connectivity index (χ2n) is 5.41. The van der Waals surface area contributed by atoms with Crippen LogP contribution in [0.1, 0.15) is 21.5 Å². The molecule has 0 unspecified atom stereocenters. The van der Waals surface area contributed by atoms with Gasteiger partial charge in [0.1, 0.15) is 0 Å². The number of hydrogen-bond donors (Lipinski definition) is 1. The van der Waals surface area contributed by atoms with Gasteiger partial charge in [0.25, 0.3) is 5.91 Å². The summed E-state index contributed by atoms with van der Waals surface area (Å²) in [5.74, 6) is -1.83. The van der Waals surface area contributed by atoms with Crippen molar-refractivity contribution in [2.24, 2.45) is 4.99 Å². The third-order valence-electron chi connectivity index (χ3n) is 3.53. The Morgan fingerprint density at radius 3 is 2.41 bits per heavy atom. The summed E-state index contributed by atoms with van der Waals surface area (Å²) in [5, 5.41) is 13.2. The van der Waals surface area contributed by atoms with Crippen LogP contribution in [0.25, 0.3) is 6.08 Å². The van der Waals surface area contributed by atoms with E-state index in [4.69, 9.17) is 0 Å². The molecule has 1 saturated heterocycles. The third kappa shape index (κ3) is 4.37. The van der Waals surface area contributed by atoms with Crippen molar-refractivity contribution in [1.82, 2.24) is 5.32 Å². The zero-order valence-electron chi connectivity index (χ0n) is 13.4. The predicted octanol–water partition coefficient (Wildman–Crippen LogP) is 2.96. The van der Waals surface area contributed by atoms with Crippen LogP contribution in [0.15, 0.2) is 58.4 Å². The molecule has 1 aliphatic heterocycles. The van der Waals surface area contributed by atoms with E-state index in [1.165, 1.54) is 48.5 Å². The van der Waals surface area contributed by atoms with E-state index >= 15 is 0 Å². The van der Waals surface area contributed by atoms with Crippen LogP contribution in [0, 0.1) is 0 Å². The van der Waals surface area contributed by atoms with E-state index in [0.717, 1.165) is 17.8 Å². The average molecular weight is 391 g/mol. The SMILES string of the molecule is O=C1NC(=Nc2ccccc2C(F)(F)F)S/C1=C\c1ccc(C(=O)[O-])cc1. The lowest BCUT2D eigenvalue weighted by atomic mass is 10.1. The van der Waals surface area contributed by atoms with Gasteiger partial charge < -0.3 is 15.2 Å². The Labute approximate surface area is 155 Å². The molecule has 138 valence electrons. The minimum Gasteiger partial charge on any atom is -0.545 e. The van der Waals surface area contributed by atoms with Crippen molar-refractivity contribution < 1.29 is 27.9 Å². The number of thioether (sulfide) groups is 1. The first-order valence-electron chi connectivity index (χ1n) is 7.51. The van der Waals surface area contributed by atoms with Crippen molar-refractivity contribution >= 4 is 40.6 Å². The number of aromatic carboxylic acids is 1. The Kier molecular flexibility index (Phi) is 5.04. The van der Waals surface area contributed by atoms with Gasteiger partial charge in [-0.3, -0.25) is 4.79 Å². The number of amides is 1. The number of alkyl halides is 3. The molecule has 0 radical (unpaired) electrons. The fourth-order valence-corrected chi connectivity index (χ4v) is 3.10. The maximum absolute atomic E-state index is 13.0. The molecule has 0 aromatic heterocycles. The number of carboxylic acid groups (broad SMARTS) is 1. The number of halogens is 3. The van der Waals surface area contributed by atoms with Crippen molar-refractivity contribution in [2.75, 3.05) is 0 Å². The first kappa shape index (κ1) is 18.7. The Morgan fingerprint density at radius 2 is 1.78 bits per heavy atom. The maximum atomic E-state index is 13.0. The van der Waals surface area contributed by atoms with Gasteiger partial charge in [0.2, 0.25) is 0 Å². The summed E-state index contributed by atoms with van der Waals surface area (Å²) in [7, 11) is 0. The second-order valence-corrected chi connectivity index (χ2v) is 6.44. The monoisotopic (exact) mass is 391 g/mol. The summed E-state index contributed by atoms with van der Waals surface area (Å²) in [4.78, 5) is 26.9. The van der Waals surface area contributed by atoms with Gasteiger partial charge in [-0.1, -0.05) is 36.4 Å². The molecule has 1 fully saturated rings. The number of hydrogen-bond acceptors (Lipinski definition) is 5. The number of benzene rings is 2. The summed E-state index contributed by atoms with van der Waals surface area (Å²) < 4.78 is 39.1. The van der Waals surface area contributed by atoms with Gasteiger partial charge in [-0.05, 0) is 41.1 Å². The lowest BCUT2D eigenvalue weighted by molar-refractivity contribution is -0.255. The van der Waals surface area contributed by atoms with Gasteiger partial charge in [-0.2, -0.15) is 13.2 Å². The predicted molar refractivity (Wildman–Crippen MR) is 93.0 cm³/mol. The van der Waals surface area contributed by atoms with Crippen molar-refractivity contribution in [1.29, 1.82) is 0 Å². The van der Waals surface area contributed by atoms with Crippen molar-refractivity contribution in [3.63, 3.8) is 0 Å². The molecule has 2 aromatic rings. The van der Waals surface area contributed by atoms with Crippen molar-refractivity contribution in [3.05, 3.63) is 70.1 Å². The molecule has 1 heterocycles. The highest BCUT2D eigenvalue weighted by molar-refractivity contribution is 8.18.